The van der Waals surface area contributed by atoms with Crippen LogP contribution in [0.25, 0.3) is 0 Å². The summed E-state index contributed by atoms with van der Waals surface area (Å²) in [5, 5.41) is 8.67. The van der Waals surface area contributed by atoms with E-state index in [-0.39, 0.29) is 18.9 Å². The second-order valence-corrected chi connectivity index (χ2v) is 8.74. The highest BCUT2D eigenvalue weighted by molar-refractivity contribution is 5.76. The van der Waals surface area contributed by atoms with Crippen LogP contribution in [0.15, 0.2) is 0 Å². The first kappa shape index (κ1) is 28.9. The average molecular weight is 428 g/mol. The zero-order valence-electron chi connectivity index (χ0n) is 19.8. The number of hydrogen-bond donors (Lipinski definition) is 2. The summed E-state index contributed by atoms with van der Waals surface area (Å²) in [4.78, 5) is 22.5. The molecule has 0 aliphatic heterocycles. The second-order valence-electron chi connectivity index (χ2n) is 8.74. The van der Waals surface area contributed by atoms with Gasteiger partial charge in [-0.05, 0) is 25.7 Å². The van der Waals surface area contributed by atoms with Gasteiger partial charge in [-0.2, -0.15) is 0 Å². The van der Waals surface area contributed by atoms with Crippen LogP contribution in [0, 0.1) is 0 Å². The van der Waals surface area contributed by atoms with Crippen molar-refractivity contribution in [2.24, 2.45) is 5.73 Å². The lowest BCUT2D eigenvalue weighted by molar-refractivity contribution is -0.151. The number of carbonyl (C=O) groups excluding carboxylic acids is 1. The first-order valence-electron chi connectivity index (χ1n) is 12.7. The zero-order chi connectivity index (χ0) is 22.5. The van der Waals surface area contributed by atoms with E-state index in [0.29, 0.717) is 0 Å². The van der Waals surface area contributed by atoms with E-state index in [4.69, 9.17) is 15.6 Å². The molecule has 0 saturated heterocycles. The molecule has 0 aliphatic rings. The second kappa shape index (κ2) is 21.1. The molecule has 0 aliphatic carbocycles. The summed E-state index contributed by atoms with van der Waals surface area (Å²) >= 11 is 0. The van der Waals surface area contributed by atoms with Crippen LogP contribution in [0.1, 0.15) is 136 Å². The minimum absolute atomic E-state index is 0.102. The third-order valence-corrected chi connectivity index (χ3v) is 5.84. The Balaban J connectivity index is 3.50. The van der Waals surface area contributed by atoms with Crippen LogP contribution in [0.4, 0.5) is 0 Å². The average Bonchev–Trinajstić information content (AvgIpc) is 2.73. The molecule has 5 heteroatoms. The summed E-state index contributed by atoms with van der Waals surface area (Å²) in [5.74, 6) is -1.41. The van der Waals surface area contributed by atoms with Crippen molar-refractivity contribution in [1.82, 2.24) is 0 Å². The Morgan fingerprint density at radius 3 is 1.57 bits per heavy atom. The highest BCUT2D eigenvalue weighted by Crippen LogP contribution is 2.16. The number of rotatable bonds is 22. The van der Waals surface area contributed by atoms with Gasteiger partial charge in [0, 0.05) is 6.42 Å². The fraction of sp³-hybridized carbons (Fsp3) is 0.920. The van der Waals surface area contributed by atoms with Gasteiger partial charge >= 0.3 is 11.9 Å². The molecule has 5 nitrogen and oxygen atoms in total. The van der Waals surface area contributed by atoms with Crippen LogP contribution in [0.3, 0.4) is 0 Å². The molecule has 2 atom stereocenters. The van der Waals surface area contributed by atoms with Gasteiger partial charge in [0.05, 0.1) is 0 Å². The van der Waals surface area contributed by atoms with Crippen LogP contribution >= 0.6 is 0 Å². The molecule has 178 valence electrons. The summed E-state index contributed by atoms with van der Waals surface area (Å²) in [6.45, 7) is 4.27. The number of nitrogens with two attached hydrogens (primary N) is 1. The molecule has 0 spiro atoms. The van der Waals surface area contributed by atoms with Crippen LogP contribution in [-0.4, -0.2) is 29.2 Å². The van der Waals surface area contributed by atoms with Gasteiger partial charge in [-0.3, -0.25) is 9.59 Å². The summed E-state index contributed by atoms with van der Waals surface area (Å²) < 4.78 is 5.46. The molecule has 0 bridgehead atoms. The zero-order valence-corrected chi connectivity index (χ0v) is 19.8. The SMILES string of the molecule is CCCCCCCCCCCCCCCCCC(CC)OC(=O)[C@@H](N)CCC(=O)O. The van der Waals surface area contributed by atoms with Crippen molar-refractivity contribution >= 4 is 11.9 Å². The Morgan fingerprint density at radius 2 is 1.17 bits per heavy atom. The maximum Gasteiger partial charge on any atom is 0.323 e. The largest absolute Gasteiger partial charge is 0.481 e. The molecule has 0 aromatic rings. The molecule has 0 saturated carbocycles. The molecule has 0 heterocycles. The van der Waals surface area contributed by atoms with E-state index < -0.39 is 18.0 Å². The summed E-state index contributed by atoms with van der Waals surface area (Å²) in [7, 11) is 0. The minimum atomic E-state index is -0.942. The first-order chi connectivity index (χ1) is 14.5. The fourth-order valence-corrected chi connectivity index (χ4v) is 3.74. The van der Waals surface area contributed by atoms with Crippen LogP contribution < -0.4 is 5.73 Å². The Bertz CT molecular complexity index is 414. The third kappa shape index (κ3) is 18.9. The molecule has 0 aromatic carbocycles. The molecule has 1 unspecified atom stereocenters. The van der Waals surface area contributed by atoms with Crippen molar-refractivity contribution in [1.29, 1.82) is 0 Å². The minimum Gasteiger partial charge on any atom is -0.481 e. The maximum atomic E-state index is 11.9. The standard InChI is InChI=1S/C25H49NO4/c1-3-5-6-7-8-9-10-11-12-13-14-15-16-17-18-19-22(4-2)30-25(29)23(26)20-21-24(27)28/h22-23H,3-21,26H2,1-2H3,(H,27,28)/t22?,23-/m0/s1. The van der Waals surface area contributed by atoms with E-state index in [9.17, 15) is 9.59 Å². The molecule has 0 fully saturated rings. The number of esters is 1. The number of carbonyl (C=O) groups is 2. The number of ether oxygens (including phenoxy) is 1. The van der Waals surface area contributed by atoms with E-state index in [1.54, 1.807) is 0 Å². The lowest BCUT2D eigenvalue weighted by Gasteiger charge is -2.18. The smallest absolute Gasteiger partial charge is 0.323 e. The van der Waals surface area contributed by atoms with Crippen molar-refractivity contribution in [3.8, 4) is 0 Å². The molecular weight excluding hydrogens is 378 g/mol. The summed E-state index contributed by atoms with van der Waals surface area (Å²) in [6.07, 6.45) is 21.6. The predicted octanol–water partition coefficient (Wildman–Crippen LogP) is 6.76. The van der Waals surface area contributed by atoms with Crippen LogP contribution in [-0.2, 0) is 14.3 Å². The quantitative estimate of drug-likeness (QED) is 0.147. The molecule has 3 N–H and O–H groups in total. The number of hydrogen-bond acceptors (Lipinski definition) is 4. The molecule has 30 heavy (non-hydrogen) atoms. The number of carboxylic acids is 1. The monoisotopic (exact) mass is 427 g/mol. The van der Waals surface area contributed by atoms with Crippen molar-refractivity contribution < 1.29 is 19.4 Å². The summed E-state index contributed by atoms with van der Waals surface area (Å²) in [6, 6.07) is -0.837. The van der Waals surface area contributed by atoms with E-state index in [1.165, 1.54) is 89.9 Å². The van der Waals surface area contributed by atoms with Gasteiger partial charge in [0.1, 0.15) is 12.1 Å². The van der Waals surface area contributed by atoms with Gasteiger partial charge in [0.25, 0.3) is 0 Å². The molecule has 0 radical (unpaired) electrons. The number of unbranched alkanes of at least 4 members (excludes halogenated alkanes) is 14. The van der Waals surface area contributed by atoms with Gasteiger partial charge < -0.3 is 15.6 Å². The number of aliphatic carboxylic acids is 1. The molecule has 0 amide bonds. The normalized spacial score (nSPS) is 13.2. The Labute approximate surface area is 185 Å². The first-order valence-corrected chi connectivity index (χ1v) is 12.7. The third-order valence-electron chi connectivity index (χ3n) is 5.84. The lowest BCUT2D eigenvalue weighted by Crippen LogP contribution is -2.35. The Kier molecular flexibility index (Phi) is 20.4. The maximum absolute atomic E-state index is 11.9. The van der Waals surface area contributed by atoms with Crippen LogP contribution in [0.5, 0.6) is 0 Å². The number of carboxylic acid groups (broad SMARTS) is 1. The Morgan fingerprint density at radius 1 is 0.733 bits per heavy atom. The topological polar surface area (TPSA) is 89.6 Å². The van der Waals surface area contributed by atoms with Gasteiger partial charge in [0.15, 0.2) is 0 Å². The van der Waals surface area contributed by atoms with Crippen molar-refractivity contribution in [3.63, 3.8) is 0 Å². The molecular formula is C25H49NO4. The van der Waals surface area contributed by atoms with Crippen molar-refractivity contribution in [3.05, 3.63) is 0 Å². The van der Waals surface area contributed by atoms with Gasteiger partial charge in [-0.1, -0.05) is 104 Å². The van der Waals surface area contributed by atoms with Crippen molar-refractivity contribution in [2.45, 2.75) is 148 Å². The molecule has 0 rings (SSSR count). The highest BCUT2D eigenvalue weighted by atomic mass is 16.5. The summed E-state index contributed by atoms with van der Waals surface area (Å²) in [5.41, 5.74) is 5.72. The van der Waals surface area contributed by atoms with Crippen molar-refractivity contribution in [2.75, 3.05) is 0 Å². The highest BCUT2D eigenvalue weighted by Gasteiger charge is 2.20. The van der Waals surface area contributed by atoms with Gasteiger partial charge in [-0.15, -0.1) is 0 Å². The van der Waals surface area contributed by atoms with E-state index >= 15 is 0 Å². The lowest BCUT2D eigenvalue weighted by atomic mass is 10.0. The van der Waals surface area contributed by atoms with E-state index in [2.05, 4.69) is 6.92 Å². The van der Waals surface area contributed by atoms with E-state index in [1.807, 2.05) is 6.92 Å². The van der Waals surface area contributed by atoms with Crippen LogP contribution in [0.2, 0.25) is 0 Å². The Hall–Kier alpha value is -1.10. The van der Waals surface area contributed by atoms with Gasteiger partial charge in [0.2, 0.25) is 0 Å². The van der Waals surface area contributed by atoms with E-state index in [0.717, 1.165) is 19.3 Å². The van der Waals surface area contributed by atoms with Gasteiger partial charge in [-0.25, -0.2) is 0 Å². The predicted molar refractivity (Wildman–Crippen MR) is 125 cm³/mol. The molecule has 0 aromatic heterocycles. The fourth-order valence-electron chi connectivity index (χ4n) is 3.74.